The van der Waals surface area contributed by atoms with E-state index >= 15 is 0 Å². The first kappa shape index (κ1) is 14.6. The molecule has 0 amide bonds. The molecule has 2 atom stereocenters. The van der Waals surface area contributed by atoms with Gasteiger partial charge in [0.05, 0.1) is 19.8 Å². The van der Waals surface area contributed by atoms with Crippen LogP contribution in [-0.2, 0) is 11.2 Å². The molecule has 0 saturated carbocycles. The molecule has 0 aromatic heterocycles. The number of aliphatic hydroxyl groups excluding tert-OH is 1. The van der Waals surface area contributed by atoms with Crippen LogP contribution >= 0.6 is 0 Å². The zero-order valence-electron chi connectivity index (χ0n) is 11.8. The minimum absolute atomic E-state index is 0.0418. The number of rotatable bonds is 6. The lowest BCUT2D eigenvalue weighted by molar-refractivity contribution is 0.0757. The molecule has 1 aromatic rings. The minimum Gasteiger partial charge on any atom is -0.496 e. The SMILES string of the molecule is COc1cc2c(cc1C(C#N)OCCCO)OC(C)C2. The van der Waals surface area contributed by atoms with Crippen molar-refractivity contribution in [3.8, 4) is 17.6 Å². The van der Waals surface area contributed by atoms with Crippen LogP contribution in [0, 0.1) is 11.3 Å². The standard InChI is InChI=1S/C15H19NO4/c1-10-6-11-7-14(18-2)12(8-13(11)20-10)15(9-16)19-5-3-4-17/h7-8,10,15,17H,3-6H2,1-2H3. The first-order chi connectivity index (χ1) is 9.69. The van der Waals surface area contributed by atoms with Gasteiger partial charge in [0.25, 0.3) is 0 Å². The van der Waals surface area contributed by atoms with Crippen molar-refractivity contribution < 1.29 is 19.3 Å². The van der Waals surface area contributed by atoms with Gasteiger partial charge in [-0.2, -0.15) is 5.26 Å². The molecule has 0 fully saturated rings. The number of nitrogens with zero attached hydrogens (tertiary/aromatic N) is 1. The Hall–Kier alpha value is -1.77. The van der Waals surface area contributed by atoms with E-state index in [1.165, 1.54) is 0 Å². The quantitative estimate of drug-likeness (QED) is 0.805. The molecule has 0 spiro atoms. The molecule has 2 unspecified atom stereocenters. The second-order valence-electron chi connectivity index (χ2n) is 4.79. The molecule has 1 aliphatic rings. The summed E-state index contributed by atoms with van der Waals surface area (Å²) in [6, 6.07) is 5.85. The molecule has 20 heavy (non-hydrogen) atoms. The van der Waals surface area contributed by atoms with Crippen LogP contribution in [0.15, 0.2) is 12.1 Å². The summed E-state index contributed by atoms with van der Waals surface area (Å²) in [6.07, 6.45) is 0.759. The molecular weight excluding hydrogens is 258 g/mol. The third kappa shape index (κ3) is 3.03. The number of fused-ring (bicyclic) bond motifs is 1. The van der Waals surface area contributed by atoms with E-state index in [1.807, 2.05) is 19.1 Å². The predicted molar refractivity (Wildman–Crippen MR) is 72.8 cm³/mol. The maximum absolute atomic E-state index is 9.27. The van der Waals surface area contributed by atoms with Crippen LogP contribution in [0.25, 0.3) is 0 Å². The van der Waals surface area contributed by atoms with E-state index in [9.17, 15) is 5.26 Å². The summed E-state index contributed by atoms with van der Waals surface area (Å²) in [4.78, 5) is 0. The van der Waals surface area contributed by atoms with Gasteiger partial charge in [0, 0.05) is 24.2 Å². The van der Waals surface area contributed by atoms with Gasteiger partial charge in [0.1, 0.15) is 17.6 Å². The lowest BCUT2D eigenvalue weighted by Crippen LogP contribution is -2.07. The Morgan fingerprint density at radius 2 is 2.35 bits per heavy atom. The Morgan fingerprint density at radius 3 is 3.00 bits per heavy atom. The average Bonchev–Trinajstić information content (AvgIpc) is 2.81. The second-order valence-corrected chi connectivity index (χ2v) is 4.79. The van der Waals surface area contributed by atoms with E-state index in [1.54, 1.807) is 7.11 Å². The molecule has 1 N–H and O–H groups in total. The van der Waals surface area contributed by atoms with E-state index in [2.05, 4.69) is 6.07 Å². The van der Waals surface area contributed by atoms with Gasteiger partial charge in [-0.3, -0.25) is 0 Å². The number of methoxy groups -OCH3 is 1. The van der Waals surface area contributed by atoms with Crippen molar-refractivity contribution in [2.45, 2.75) is 32.0 Å². The van der Waals surface area contributed by atoms with Gasteiger partial charge >= 0.3 is 0 Å². The first-order valence-corrected chi connectivity index (χ1v) is 6.69. The highest BCUT2D eigenvalue weighted by atomic mass is 16.5. The maximum Gasteiger partial charge on any atom is 0.172 e. The summed E-state index contributed by atoms with van der Waals surface area (Å²) in [7, 11) is 1.58. The fourth-order valence-electron chi connectivity index (χ4n) is 2.30. The molecule has 1 aromatic carbocycles. The molecule has 0 radical (unpaired) electrons. The topological polar surface area (TPSA) is 71.7 Å². The molecule has 2 rings (SSSR count). The van der Waals surface area contributed by atoms with Crippen LogP contribution in [0.5, 0.6) is 11.5 Å². The van der Waals surface area contributed by atoms with Crippen molar-refractivity contribution in [1.29, 1.82) is 5.26 Å². The van der Waals surface area contributed by atoms with Crippen molar-refractivity contribution in [1.82, 2.24) is 0 Å². The maximum atomic E-state index is 9.27. The van der Waals surface area contributed by atoms with Crippen molar-refractivity contribution in [3.05, 3.63) is 23.3 Å². The van der Waals surface area contributed by atoms with Crippen molar-refractivity contribution in [2.24, 2.45) is 0 Å². The number of aliphatic hydroxyl groups is 1. The molecular formula is C15H19NO4. The molecule has 108 valence electrons. The molecule has 0 bridgehead atoms. The highest BCUT2D eigenvalue weighted by Gasteiger charge is 2.25. The first-order valence-electron chi connectivity index (χ1n) is 6.69. The molecule has 0 saturated heterocycles. The van der Waals surface area contributed by atoms with Crippen LogP contribution in [0.4, 0.5) is 0 Å². The fraction of sp³-hybridized carbons (Fsp3) is 0.533. The van der Waals surface area contributed by atoms with Gasteiger partial charge < -0.3 is 19.3 Å². The number of benzene rings is 1. The highest BCUT2D eigenvalue weighted by molar-refractivity contribution is 5.50. The van der Waals surface area contributed by atoms with Gasteiger partial charge in [0.2, 0.25) is 0 Å². The smallest absolute Gasteiger partial charge is 0.172 e. The van der Waals surface area contributed by atoms with Crippen LogP contribution in [0.3, 0.4) is 0 Å². The second kappa shape index (κ2) is 6.60. The normalized spacial score (nSPS) is 18.0. The molecule has 0 aliphatic carbocycles. The summed E-state index contributed by atoms with van der Waals surface area (Å²) in [5.41, 5.74) is 1.76. The van der Waals surface area contributed by atoms with E-state index < -0.39 is 6.10 Å². The summed E-state index contributed by atoms with van der Waals surface area (Å²) in [5, 5.41) is 18.0. The third-order valence-electron chi connectivity index (χ3n) is 3.24. The third-order valence-corrected chi connectivity index (χ3v) is 3.24. The molecule has 1 aliphatic heterocycles. The van der Waals surface area contributed by atoms with Crippen LogP contribution in [0.2, 0.25) is 0 Å². The van der Waals surface area contributed by atoms with Crippen LogP contribution < -0.4 is 9.47 Å². The average molecular weight is 277 g/mol. The lowest BCUT2D eigenvalue weighted by Gasteiger charge is -2.16. The summed E-state index contributed by atoms with van der Waals surface area (Å²) >= 11 is 0. The van der Waals surface area contributed by atoms with Crippen molar-refractivity contribution in [2.75, 3.05) is 20.3 Å². The monoisotopic (exact) mass is 277 g/mol. The van der Waals surface area contributed by atoms with Gasteiger partial charge in [-0.25, -0.2) is 0 Å². The molecule has 5 nitrogen and oxygen atoms in total. The summed E-state index contributed by atoms with van der Waals surface area (Å²) in [5.74, 6) is 1.43. The van der Waals surface area contributed by atoms with Crippen molar-refractivity contribution in [3.63, 3.8) is 0 Å². The lowest BCUT2D eigenvalue weighted by atomic mass is 10.0. The van der Waals surface area contributed by atoms with Crippen LogP contribution in [0.1, 0.15) is 30.6 Å². The highest BCUT2D eigenvalue weighted by Crippen LogP contribution is 2.38. The number of hydrogen-bond acceptors (Lipinski definition) is 5. The molecule has 1 heterocycles. The number of nitriles is 1. The zero-order valence-corrected chi connectivity index (χ0v) is 11.8. The minimum atomic E-state index is -0.721. The Balaban J connectivity index is 2.25. The van der Waals surface area contributed by atoms with E-state index in [4.69, 9.17) is 19.3 Å². The van der Waals surface area contributed by atoms with Gasteiger partial charge in [-0.15, -0.1) is 0 Å². The fourth-order valence-corrected chi connectivity index (χ4v) is 2.30. The Bertz CT molecular complexity index is 509. The van der Waals surface area contributed by atoms with Crippen LogP contribution in [-0.4, -0.2) is 31.5 Å². The zero-order chi connectivity index (χ0) is 14.5. The largest absolute Gasteiger partial charge is 0.496 e. The van der Waals surface area contributed by atoms with Gasteiger partial charge in [-0.1, -0.05) is 0 Å². The number of hydrogen-bond donors (Lipinski definition) is 1. The van der Waals surface area contributed by atoms with Crippen molar-refractivity contribution >= 4 is 0 Å². The van der Waals surface area contributed by atoms with Gasteiger partial charge in [0.15, 0.2) is 6.10 Å². The molecule has 5 heteroatoms. The predicted octanol–water partition coefficient (Wildman–Crippen LogP) is 1.98. The number of ether oxygens (including phenoxy) is 3. The Kier molecular flexibility index (Phi) is 4.83. The Morgan fingerprint density at radius 1 is 1.55 bits per heavy atom. The van der Waals surface area contributed by atoms with Gasteiger partial charge in [-0.05, 0) is 25.5 Å². The Labute approximate surface area is 118 Å². The summed E-state index contributed by atoms with van der Waals surface area (Å²) in [6.45, 7) is 2.37. The van der Waals surface area contributed by atoms with E-state index in [0.29, 0.717) is 24.3 Å². The van der Waals surface area contributed by atoms with E-state index in [-0.39, 0.29) is 12.7 Å². The van der Waals surface area contributed by atoms with E-state index in [0.717, 1.165) is 17.7 Å². The summed E-state index contributed by atoms with van der Waals surface area (Å²) < 4.78 is 16.6.